The van der Waals surface area contributed by atoms with Gasteiger partial charge in [0, 0.05) is 25.8 Å². The molecule has 0 unspecified atom stereocenters. The third-order valence-corrected chi connectivity index (χ3v) is 2.68. The van der Waals surface area contributed by atoms with Crippen molar-refractivity contribution in [2.45, 2.75) is 6.42 Å². The van der Waals surface area contributed by atoms with E-state index in [9.17, 15) is 14.4 Å². The maximum absolute atomic E-state index is 12.0. The van der Waals surface area contributed by atoms with Crippen molar-refractivity contribution in [3.8, 4) is 0 Å². The van der Waals surface area contributed by atoms with Crippen LogP contribution in [0.4, 0.5) is 0 Å². The van der Waals surface area contributed by atoms with Gasteiger partial charge in [0.2, 0.25) is 0 Å². The number of carbonyl (C=O) groups is 1. The van der Waals surface area contributed by atoms with Crippen LogP contribution in [0.25, 0.3) is 0 Å². The van der Waals surface area contributed by atoms with Crippen molar-refractivity contribution >= 4 is 5.91 Å². The molecule has 2 rings (SSSR count). The van der Waals surface area contributed by atoms with E-state index in [0.29, 0.717) is 19.6 Å². The Balaban J connectivity index is 2.23. The van der Waals surface area contributed by atoms with Crippen molar-refractivity contribution in [2.75, 3.05) is 26.2 Å². The van der Waals surface area contributed by atoms with Crippen molar-refractivity contribution in [3.05, 3.63) is 32.6 Å². The van der Waals surface area contributed by atoms with Crippen LogP contribution in [-0.4, -0.2) is 47.0 Å². The molecule has 7 nitrogen and oxygen atoms in total. The number of nitrogens with one attached hydrogen (secondary N) is 3. The van der Waals surface area contributed by atoms with E-state index in [0.717, 1.165) is 13.0 Å². The predicted molar refractivity (Wildman–Crippen MR) is 61.1 cm³/mol. The van der Waals surface area contributed by atoms with Crippen LogP contribution in [0.1, 0.15) is 16.8 Å². The average molecular weight is 238 g/mol. The molecule has 1 aromatic rings. The van der Waals surface area contributed by atoms with Gasteiger partial charge < -0.3 is 15.2 Å². The zero-order valence-electron chi connectivity index (χ0n) is 9.28. The van der Waals surface area contributed by atoms with Crippen molar-refractivity contribution in [3.63, 3.8) is 0 Å². The number of aromatic amines is 2. The summed E-state index contributed by atoms with van der Waals surface area (Å²) in [5.41, 5.74) is -1.27. The lowest BCUT2D eigenvalue weighted by Crippen LogP contribution is -2.38. The molecule has 0 radical (unpaired) electrons. The van der Waals surface area contributed by atoms with Crippen LogP contribution in [-0.2, 0) is 0 Å². The summed E-state index contributed by atoms with van der Waals surface area (Å²) in [6.07, 6.45) is 2.02. The van der Waals surface area contributed by atoms with Gasteiger partial charge in [-0.1, -0.05) is 0 Å². The van der Waals surface area contributed by atoms with Crippen LogP contribution in [0.2, 0.25) is 0 Å². The third-order valence-electron chi connectivity index (χ3n) is 2.68. The zero-order valence-corrected chi connectivity index (χ0v) is 9.28. The first-order valence-corrected chi connectivity index (χ1v) is 5.50. The lowest BCUT2D eigenvalue weighted by atomic mass is 10.2. The number of aromatic nitrogens is 2. The molecule has 0 aliphatic carbocycles. The fourth-order valence-corrected chi connectivity index (χ4v) is 1.79. The molecule has 92 valence electrons. The van der Waals surface area contributed by atoms with Crippen LogP contribution < -0.4 is 16.6 Å². The summed E-state index contributed by atoms with van der Waals surface area (Å²) in [5.74, 6) is -0.341. The summed E-state index contributed by atoms with van der Waals surface area (Å²) < 4.78 is 0. The molecule has 1 amide bonds. The molecule has 0 aromatic carbocycles. The molecule has 0 bridgehead atoms. The largest absolute Gasteiger partial charge is 0.337 e. The second-order valence-electron chi connectivity index (χ2n) is 3.88. The molecule has 1 saturated heterocycles. The highest BCUT2D eigenvalue weighted by Crippen LogP contribution is 2.00. The van der Waals surface area contributed by atoms with Gasteiger partial charge in [0.05, 0.1) is 0 Å². The Kier molecular flexibility index (Phi) is 3.38. The second-order valence-corrected chi connectivity index (χ2v) is 3.88. The van der Waals surface area contributed by atoms with Gasteiger partial charge in [-0.15, -0.1) is 0 Å². The van der Waals surface area contributed by atoms with Crippen LogP contribution in [0, 0.1) is 0 Å². The van der Waals surface area contributed by atoms with Crippen LogP contribution in [0.3, 0.4) is 0 Å². The van der Waals surface area contributed by atoms with E-state index in [4.69, 9.17) is 0 Å². The van der Waals surface area contributed by atoms with Gasteiger partial charge >= 0.3 is 5.69 Å². The van der Waals surface area contributed by atoms with Gasteiger partial charge in [0.1, 0.15) is 5.56 Å². The van der Waals surface area contributed by atoms with Crippen molar-refractivity contribution < 1.29 is 4.79 Å². The van der Waals surface area contributed by atoms with E-state index in [1.165, 1.54) is 6.20 Å². The molecule has 1 fully saturated rings. The molecule has 2 heterocycles. The van der Waals surface area contributed by atoms with E-state index in [1.54, 1.807) is 4.90 Å². The Morgan fingerprint density at radius 3 is 2.82 bits per heavy atom. The molecule has 7 heteroatoms. The second kappa shape index (κ2) is 4.96. The van der Waals surface area contributed by atoms with Gasteiger partial charge in [0.15, 0.2) is 0 Å². The number of rotatable bonds is 1. The Morgan fingerprint density at radius 2 is 2.06 bits per heavy atom. The van der Waals surface area contributed by atoms with Gasteiger partial charge in [-0.2, -0.15) is 0 Å². The summed E-state index contributed by atoms with van der Waals surface area (Å²) in [5, 5.41) is 3.17. The average Bonchev–Trinajstić information content (AvgIpc) is 2.56. The third kappa shape index (κ3) is 2.62. The molecule has 17 heavy (non-hydrogen) atoms. The fourth-order valence-electron chi connectivity index (χ4n) is 1.79. The maximum Gasteiger partial charge on any atom is 0.325 e. The molecular weight excluding hydrogens is 224 g/mol. The number of hydrogen-bond donors (Lipinski definition) is 3. The summed E-state index contributed by atoms with van der Waals surface area (Å²) in [4.78, 5) is 40.3. The van der Waals surface area contributed by atoms with Crippen molar-refractivity contribution in [1.29, 1.82) is 0 Å². The standard InChI is InChI=1S/C10H14N4O3/c15-8-7(6-12-10(17)13-8)9(16)14-4-1-2-11-3-5-14/h6,11H,1-5H2,(H2,12,13,15,17). The number of nitrogens with zero attached hydrogens (tertiary/aromatic N) is 1. The van der Waals surface area contributed by atoms with Crippen LogP contribution in [0.5, 0.6) is 0 Å². The topological polar surface area (TPSA) is 98.1 Å². The monoisotopic (exact) mass is 238 g/mol. The molecule has 0 atom stereocenters. The Hall–Kier alpha value is -1.89. The van der Waals surface area contributed by atoms with Crippen molar-refractivity contribution in [1.82, 2.24) is 20.2 Å². The first-order chi connectivity index (χ1) is 8.18. The number of H-pyrrole nitrogens is 2. The van der Waals surface area contributed by atoms with Crippen molar-refractivity contribution in [2.24, 2.45) is 0 Å². The fraction of sp³-hybridized carbons (Fsp3) is 0.500. The highest BCUT2D eigenvalue weighted by molar-refractivity contribution is 5.93. The molecule has 0 saturated carbocycles. The highest BCUT2D eigenvalue weighted by Gasteiger charge is 2.19. The minimum Gasteiger partial charge on any atom is -0.337 e. The first-order valence-electron chi connectivity index (χ1n) is 5.50. The lowest BCUT2D eigenvalue weighted by molar-refractivity contribution is 0.0764. The summed E-state index contributed by atoms with van der Waals surface area (Å²) >= 11 is 0. The Labute approximate surface area is 96.8 Å². The molecule has 1 aliphatic heterocycles. The van der Waals surface area contributed by atoms with Crippen LogP contribution >= 0.6 is 0 Å². The minimum atomic E-state index is -0.643. The van der Waals surface area contributed by atoms with E-state index in [2.05, 4.69) is 10.3 Å². The maximum atomic E-state index is 12.0. The lowest BCUT2D eigenvalue weighted by Gasteiger charge is -2.19. The number of hydrogen-bond acceptors (Lipinski definition) is 4. The Bertz CT molecular complexity index is 511. The molecular formula is C10H14N4O3. The zero-order chi connectivity index (χ0) is 12.3. The minimum absolute atomic E-state index is 0.0218. The number of carbonyl (C=O) groups excluding carboxylic acids is 1. The smallest absolute Gasteiger partial charge is 0.325 e. The predicted octanol–water partition coefficient (Wildman–Crippen LogP) is -1.50. The molecule has 3 N–H and O–H groups in total. The Morgan fingerprint density at radius 1 is 1.24 bits per heavy atom. The highest BCUT2D eigenvalue weighted by atomic mass is 16.2. The van der Waals surface area contributed by atoms with E-state index in [1.807, 2.05) is 4.98 Å². The van der Waals surface area contributed by atoms with Gasteiger partial charge in [0.25, 0.3) is 11.5 Å². The molecule has 0 spiro atoms. The first kappa shape index (κ1) is 11.6. The van der Waals surface area contributed by atoms with Gasteiger partial charge in [-0.25, -0.2) is 4.79 Å². The SMILES string of the molecule is O=C(c1c[nH]c(=O)[nH]c1=O)N1CCCNCC1. The van der Waals surface area contributed by atoms with Gasteiger partial charge in [-0.05, 0) is 13.0 Å². The van der Waals surface area contributed by atoms with E-state index < -0.39 is 11.2 Å². The van der Waals surface area contributed by atoms with Gasteiger partial charge in [-0.3, -0.25) is 14.6 Å². The summed E-state index contributed by atoms with van der Waals surface area (Å²) in [6.45, 7) is 2.76. The quantitative estimate of drug-likeness (QED) is 0.554. The normalized spacial score (nSPS) is 16.6. The summed E-state index contributed by atoms with van der Waals surface area (Å²) in [6, 6.07) is 0. The number of amides is 1. The molecule has 1 aromatic heterocycles. The van der Waals surface area contributed by atoms with E-state index >= 15 is 0 Å². The van der Waals surface area contributed by atoms with E-state index in [-0.39, 0.29) is 11.5 Å². The summed E-state index contributed by atoms with van der Waals surface area (Å²) in [7, 11) is 0. The molecule has 1 aliphatic rings. The van der Waals surface area contributed by atoms with Crippen LogP contribution in [0.15, 0.2) is 15.8 Å².